The number of carbonyl (C=O) groups is 1. The van der Waals surface area contributed by atoms with Crippen molar-refractivity contribution in [1.82, 2.24) is 14.8 Å². The molecule has 5 heteroatoms. The predicted molar refractivity (Wildman–Crippen MR) is 77.4 cm³/mol. The van der Waals surface area contributed by atoms with E-state index in [2.05, 4.69) is 16.8 Å². The van der Waals surface area contributed by atoms with Crippen molar-refractivity contribution in [2.45, 2.75) is 19.4 Å². The number of hydrogen-bond donors (Lipinski definition) is 0. The average Bonchev–Trinajstić information content (AvgIpc) is 2.49. The first kappa shape index (κ1) is 14.9. The molecule has 1 fully saturated rings. The second kappa shape index (κ2) is 7.36. The Morgan fingerprint density at radius 2 is 2.20 bits per heavy atom. The SMILES string of the molecule is C[C@H](Cc1ccccn1)N(C)CC(=O)N1CCOCC1. The van der Waals surface area contributed by atoms with Crippen LogP contribution in [0.25, 0.3) is 0 Å². The molecule has 2 rings (SSSR count). The number of ether oxygens (including phenoxy) is 1. The lowest BCUT2D eigenvalue weighted by molar-refractivity contribution is -0.136. The topological polar surface area (TPSA) is 45.7 Å². The Bertz CT molecular complexity index is 418. The monoisotopic (exact) mass is 277 g/mol. The van der Waals surface area contributed by atoms with Crippen molar-refractivity contribution in [2.75, 3.05) is 39.9 Å². The Morgan fingerprint density at radius 3 is 2.85 bits per heavy atom. The van der Waals surface area contributed by atoms with Crippen LogP contribution >= 0.6 is 0 Å². The van der Waals surface area contributed by atoms with Crippen molar-refractivity contribution in [3.8, 4) is 0 Å². The lowest BCUT2D eigenvalue weighted by atomic mass is 10.1. The van der Waals surface area contributed by atoms with Crippen molar-refractivity contribution >= 4 is 5.91 Å². The largest absolute Gasteiger partial charge is 0.378 e. The lowest BCUT2D eigenvalue weighted by Crippen LogP contribution is -2.46. The maximum atomic E-state index is 12.2. The van der Waals surface area contributed by atoms with Crippen LogP contribution in [-0.2, 0) is 16.0 Å². The molecule has 0 aliphatic carbocycles. The zero-order chi connectivity index (χ0) is 14.4. The molecule has 110 valence electrons. The molecule has 0 unspecified atom stereocenters. The second-order valence-electron chi connectivity index (χ2n) is 5.28. The summed E-state index contributed by atoms with van der Waals surface area (Å²) in [4.78, 5) is 20.5. The van der Waals surface area contributed by atoms with E-state index in [-0.39, 0.29) is 11.9 Å². The van der Waals surface area contributed by atoms with Crippen LogP contribution < -0.4 is 0 Å². The van der Waals surface area contributed by atoms with Gasteiger partial charge in [0.05, 0.1) is 19.8 Å². The summed E-state index contributed by atoms with van der Waals surface area (Å²) in [6, 6.07) is 6.22. The minimum absolute atomic E-state index is 0.184. The minimum atomic E-state index is 0.184. The summed E-state index contributed by atoms with van der Waals surface area (Å²) in [5.74, 6) is 0.184. The second-order valence-corrected chi connectivity index (χ2v) is 5.28. The van der Waals surface area contributed by atoms with Crippen molar-refractivity contribution in [3.63, 3.8) is 0 Å². The molecular weight excluding hydrogens is 254 g/mol. The Hall–Kier alpha value is -1.46. The molecule has 5 nitrogen and oxygen atoms in total. The van der Waals surface area contributed by atoms with E-state index in [4.69, 9.17) is 4.74 Å². The summed E-state index contributed by atoms with van der Waals surface area (Å²) in [5.41, 5.74) is 1.06. The van der Waals surface area contributed by atoms with E-state index in [9.17, 15) is 4.79 Å². The number of pyridine rings is 1. The van der Waals surface area contributed by atoms with E-state index in [0.29, 0.717) is 32.8 Å². The van der Waals surface area contributed by atoms with E-state index >= 15 is 0 Å². The molecule has 2 heterocycles. The summed E-state index contributed by atoms with van der Waals surface area (Å²) in [6.07, 6.45) is 2.66. The van der Waals surface area contributed by atoms with Gasteiger partial charge in [-0.25, -0.2) is 0 Å². The number of carbonyl (C=O) groups excluding carboxylic acids is 1. The van der Waals surface area contributed by atoms with Crippen LogP contribution in [0.5, 0.6) is 0 Å². The first-order valence-corrected chi connectivity index (χ1v) is 7.12. The summed E-state index contributed by atoms with van der Waals surface area (Å²) in [5, 5.41) is 0. The maximum Gasteiger partial charge on any atom is 0.236 e. The number of aromatic nitrogens is 1. The smallest absolute Gasteiger partial charge is 0.236 e. The van der Waals surface area contributed by atoms with Gasteiger partial charge in [-0.15, -0.1) is 0 Å². The Labute approximate surface area is 120 Å². The van der Waals surface area contributed by atoms with E-state index < -0.39 is 0 Å². The number of likely N-dealkylation sites (N-methyl/N-ethyl adjacent to an activating group) is 1. The Balaban J connectivity index is 1.81. The minimum Gasteiger partial charge on any atom is -0.378 e. The molecule has 0 N–H and O–H groups in total. The van der Waals surface area contributed by atoms with Crippen LogP contribution in [0.3, 0.4) is 0 Å². The Morgan fingerprint density at radius 1 is 1.45 bits per heavy atom. The standard InChI is InChI=1S/C15H23N3O2/c1-13(11-14-5-3-4-6-16-14)17(2)12-15(19)18-7-9-20-10-8-18/h3-6,13H,7-12H2,1-2H3/t13-/m1/s1. The van der Waals surface area contributed by atoms with Gasteiger partial charge in [-0.3, -0.25) is 14.7 Å². The summed E-state index contributed by atoms with van der Waals surface area (Å²) in [6.45, 7) is 5.30. The fraction of sp³-hybridized carbons (Fsp3) is 0.600. The van der Waals surface area contributed by atoms with Gasteiger partial charge in [0.15, 0.2) is 0 Å². The zero-order valence-corrected chi connectivity index (χ0v) is 12.3. The third kappa shape index (κ3) is 4.28. The highest BCUT2D eigenvalue weighted by atomic mass is 16.5. The number of morpholine rings is 1. The zero-order valence-electron chi connectivity index (χ0n) is 12.3. The van der Waals surface area contributed by atoms with Gasteiger partial charge >= 0.3 is 0 Å². The van der Waals surface area contributed by atoms with E-state index in [1.54, 1.807) is 6.20 Å². The van der Waals surface area contributed by atoms with Crippen molar-refractivity contribution in [3.05, 3.63) is 30.1 Å². The quantitative estimate of drug-likeness (QED) is 0.799. The highest BCUT2D eigenvalue weighted by molar-refractivity contribution is 5.78. The number of amides is 1. The number of hydrogen-bond acceptors (Lipinski definition) is 4. The van der Waals surface area contributed by atoms with Gasteiger partial charge in [-0.1, -0.05) is 6.07 Å². The molecule has 1 saturated heterocycles. The van der Waals surface area contributed by atoms with Crippen molar-refractivity contribution in [1.29, 1.82) is 0 Å². The molecule has 0 radical (unpaired) electrons. The fourth-order valence-corrected chi connectivity index (χ4v) is 2.26. The van der Waals surface area contributed by atoms with Crippen LogP contribution in [-0.4, -0.2) is 66.6 Å². The lowest BCUT2D eigenvalue weighted by Gasteiger charge is -2.30. The van der Waals surface area contributed by atoms with Gasteiger partial charge in [-0.05, 0) is 26.1 Å². The molecule has 0 saturated carbocycles. The van der Waals surface area contributed by atoms with Crippen molar-refractivity contribution < 1.29 is 9.53 Å². The first-order valence-electron chi connectivity index (χ1n) is 7.12. The Kier molecular flexibility index (Phi) is 5.49. The van der Waals surface area contributed by atoms with Crippen LogP contribution in [0, 0.1) is 0 Å². The molecule has 0 aromatic carbocycles. The van der Waals surface area contributed by atoms with Crippen LogP contribution in [0.15, 0.2) is 24.4 Å². The molecule has 1 aromatic heterocycles. The van der Waals surface area contributed by atoms with Gasteiger partial charge < -0.3 is 9.64 Å². The number of nitrogens with zero attached hydrogens (tertiary/aromatic N) is 3. The van der Waals surface area contributed by atoms with Gasteiger partial charge in [0.25, 0.3) is 0 Å². The van der Waals surface area contributed by atoms with Crippen LogP contribution in [0.2, 0.25) is 0 Å². The van der Waals surface area contributed by atoms with Gasteiger partial charge in [-0.2, -0.15) is 0 Å². The van der Waals surface area contributed by atoms with Gasteiger partial charge in [0.2, 0.25) is 5.91 Å². The van der Waals surface area contributed by atoms with Crippen LogP contribution in [0.4, 0.5) is 0 Å². The highest BCUT2D eigenvalue weighted by Gasteiger charge is 2.20. The highest BCUT2D eigenvalue weighted by Crippen LogP contribution is 2.06. The molecular formula is C15H23N3O2. The molecule has 1 amide bonds. The maximum absolute atomic E-state index is 12.2. The summed E-state index contributed by atoms with van der Waals surface area (Å²) >= 11 is 0. The first-order chi connectivity index (χ1) is 9.66. The fourth-order valence-electron chi connectivity index (χ4n) is 2.26. The predicted octanol–water partition coefficient (Wildman–Crippen LogP) is 0.803. The van der Waals surface area contributed by atoms with Crippen LogP contribution in [0.1, 0.15) is 12.6 Å². The number of rotatable bonds is 5. The molecule has 20 heavy (non-hydrogen) atoms. The average molecular weight is 277 g/mol. The molecule has 0 spiro atoms. The molecule has 1 aliphatic rings. The molecule has 0 bridgehead atoms. The summed E-state index contributed by atoms with van der Waals surface area (Å²) < 4.78 is 5.27. The van der Waals surface area contributed by atoms with E-state index in [1.165, 1.54) is 0 Å². The van der Waals surface area contributed by atoms with E-state index in [1.807, 2.05) is 30.1 Å². The molecule has 1 aliphatic heterocycles. The third-order valence-corrected chi connectivity index (χ3v) is 3.73. The van der Waals surface area contributed by atoms with E-state index in [0.717, 1.165) is 12.1 Å². The molecule has 1 atom stereocenters. The summed E-state index contributed by atoms with van der Waals surface area (Å²) in [7, 11) is 1.99. The third-order valence-electron chi connectivity index (χ3n) is 3.73. The van der Waals surface area contributed by atoms with Crippen molar-refractivity contribution in [2.24, 2.45) is 0 Å². The van der Waals surface area contributed by atoms with Gasteiger partial charge in [0.1, 0.15) is 0 Å². The normalized spacial score (nSPS) is 17.2. The van der Waals surface area contributed by atoms with Gasteiger partial charge in [0, 0.05) is 37.4 Å². The molecule has 1 aromatic rings.